The molecule has 2 N–H and O–H groups in total. The number of ether oxygens (including phenoxy) is 2. The fraction of sp³-hybridized carbons (Fsp3) is 0.575. The number of carbonyl (C=O) groups is 2. The zero-order valence-electron chi connectivity index (χ0n) is 30.6. The van der Waals surface area contributed by atoms with Crippen LogP contribution < -0.4 is 5.32 Å². The molecule has 2 amide bonds. The van der Waals surface area contributed by atoms with Gasteiger partial charge in [-0.1, -0.05) is 6.07 Å². The smallest absolute Gasteiger partial charge is 0.410 e. The molecule has 5 fully saturated rings. The first-order chi connectivity index (χ1) is 24.5. The summed E-state index contributed by atoms with van der Waals surface area (Å²) < 4.78 is 13.8. The van der Waals surface area contributed by atoms with Crippen LogP contribution in [-0.4, -0.2) is 66.4 Å². The third-order valence-electron chi connectivity index (χ3n) is 11.7. The van der Waals surface area contributed by atoms with Gasteiger partial charge in [0.2, 0.25) is 0 Å². The standard InChI is InChI=1S/C40H51N7O4/c1-6-46(39(49)51-40(3,4)5)22-29-19-41-20-31(23(29)2)26-10-11-33-30(18-26)36(45-47(33)34-9-7-8-12-50-34)37-42-21-32(43-37)38(48)44-35-27-14-24-13-25(16-27)17-28(35)15-24/h10-11,18-21,24-25,27-28,34-35H,6-9,12-17,22H2,1-5H3,(H,42,43)(H,44,48). The summed E-state index contributed by atoms with van der Waals surface area (Å²) in [7, 11) is 0. The number of pyridine rings is 1. The molecule has 4 aromatic rings. The number of carbonyl (C=O) groups excluding carboxylic acids is 2. The van der Waals surface area contributed by atoms with E-state index in [1.165, 1.54) is 32.1 Å². The van der Waals surface area contributed by atoms with Gasteiger partial charge < -0.3 is 24.7 Å². The maximum absolute atomic E-state index is 13.6. The molecule has 1 unspecified atom stereocenters. The normalized spacial score (nSPS) is 25.7. The lowest BCUT2D eigenvalue weighted by Crippen LogP contribution is -2.55. The first-order valence-corrected chi connectivity index (χ1v) is 19.0. The number of nitrogens with one attached hydrogen (secondary N) is 2. The van der Waals surface area contributed by atoms with Gasteiger partial charge >= 0.3 is 6.09 Å². The summed E-state index contributed by atoms with van der Waals surface area (Å²) in [5, 5.41) is 9.43. The van der Waals surface area contributed by atoms with E-state index in [-0.39, 0.29) is 24.3 Å². The van der Waals surface area contributed by atoms with Crippen LogP contribution in [0.4, 0.5) is 4.79 Å². The third kappa shape index (κ3) is 6.65. The van der Waals surface area contributed by atoms with Gasteiger partial charge in [-0.3, -0.25) is 9.78 Å². The minimum absolute atomic E-state index is 0.0858. The summed E-state index contributed by atoms with van der Waals surface area (Å²) in [5.41, 5.74) is 5.45. The van der Waals surface area contributed by atoms with Crippen LogP contribution in [0.2, 0.25) is 0 Å². The van der Waals surface area contributed by atoms with Crippen LogP contribution in [0.1, 0.15) is 107 Å². The highest BCUT2D eigenvalue weighted by molar-refractivity contribution is 5.97. The fourth-order valence-corrected chi connectivity index (χ4v) is 9.42. The summed E-state index contributed by atoms with van der Waals surface area (Å²) in [5.74, 6) is 3.37. The van der Waals surface area contributed by atoms with Gasteiger partial charge in [-0.2, -0.15) is 5.10 Å². The van der Waals surface area contributed by atoms with Crippen molar-refractivity contribution in [3.8, 4) is 22.6 Å². The highest BCUT2D eigenvalue weighted by Gasteiger charge is 2.48. The van der Waals surface area contributed by atoms with Crippen molar-refractivity contribution < 1.29 is 19.1 Å². The Kier molecular flexibility index (Phi) is 8.89. The molecule has 1 saturated heterocycles. The second-order valence-corrected chi connectivity index (χ2v) is 16.4. The second-order valence-electron chi connectivity index (χ2n) is 16.4. The molecule has 5 aliphatic rings. The SMILES string of the molecule is CCN(Cc1cncc(-c2ccc3c(c2)c(-c2ncc(C(=O)NC4C5CC6CC(C5)CC4C6)[nH]2)nn3C2CCCCO2)c1C)C(=O)OC(C)(C)C. The van der Waals surface area contributed by atoms with Crippen LogP contribution in [0, 0.1) is 30.6 Å². The summed E-state index contributed by atoms with van der Waals surface area (Å²) in [6.07, 6.45) is 14.2. The minimum atomic E-state index is -0.576. The van der Waals surface area contributed by atoms with Crippen molar-refractivity contribution >= 4 is 22.9 Å². The second kappa shape index (κ2) is 13.4. The Labute approximate surface area is 299 Å². The van der Waals surface area contributed by atoms with Crippen molar-refractivity contribution in [1.82, 2.24) is 34.9 Å². The highest BCUT2D eigenvalue weighted by Crippen LogP contribution is 2.53. The number of aromatic amines is 1. The summed E-state index contributed by atoms with van der Waals surface area (Å²) in [4.78, 5) is 41.0. The molecule has 270 valence electrons. The number of H-pyrrole nitrogens is 1. The van der Waals surface area contributed by atoms with Gasteiger partial charge in [0.05, 0.1) is 18.3 Å². The Balaban J connectivity index is 1.10. The van der Waals surface area contributed by atoms with E-state index in [4.69, 9.17) is 19.6 Å². The van der Waals surface area contributed by atoms with Crippen molar-refractivity contribution in [3.63, 3.8) is 0 Å². The number of hydrogen-bond donors (Lipinski definition) is 2. The number of rotatable bonds is 8. The number of fused-ring (bicyclic) bond motifs is 1. The average Bonchev–Trinajstić information content (AvgIpc) is 3.74. The van der Waals surface area contributed by atoms with Gasteiger partial charge in [0, 0.05) is 42.5 Å². The molecule has 4 aliphatic carbocycles. The lowest BCUT2D eigenvalue weighted by molar-refractivity contribution is -0.0365. The molecule has 11 nitrogen and oxygen atoms in total. The van der Waals surface area contributed by atoms with Crippen LogP contribution in [0.3, 0.4) is 0 Å². The lowest BCUT2D eigenvalue weighted by atomic mass is 9.54. The number of hydrogen-bond acceptors (Lipinski definition) is 7. The van der Waals surface area contributed by atoms with Crippen LogP contribution in [-0.2, 0) is 16.0 Å². The van der Waals surface area contributed by atoms with Crippen molar-refractivity contribution in [2.75, 3.05) is 13.2 Å². The Morgan fingerprint density at radius 1 is 1.06 bits per heavy atom. The van der Waals surface area contributed by atoms with Gasteiger partial charge in [-0.05, 0) is 138 Å². The summed E-state index contributed by atoms with van der Waals surface area (Å²) in [6.45, 7) is 11.3. The van der Waals surface area contributed by atoms with E-state index in [1.807, 2.05) is 44.8 Å². The number of amides is 2. The molecule has 4 heterocycles. The predicted molar refractivity (Wildman–Crippen MR) is 195 cm³/mol. The topological polar surface area (TPSA) is 127 Å². The molecule has 3 aromatic heterocycles. The highest BCUT2D eigenvalue weighted by atomic mass is 16.6. The zero-order chi connectivity index (χ0) is 35.4. The third-order valence-corrected chi connectivity index (χ3v) is 11.7. The first-order valence-electron chi connectivity index (χ1n) is 19.0. The molecular weight excluding hydrogens is 642 g/mol. The van der Waals surface area contributed by atoms with Gasteiger partial charge in [0.25, 0.3) is 5.91 Å². The molecule has 11 heteroatoms. The average molecular weight is 694 g/mol. The van der Waals surface area contributed by atoms with Gasteiger partial charge in [0.1, 0.15) is 17.0 Å². The predicted octanol–water partition coefficient (Wildman–Crippen LogP) is 7.81. The lowest BCUT2D eigenvalue weighted by Gasteiger charge is -2.54. The number of aromatic nitrogens is 5. The molecule has 4 bridgehead atoms. The Morgan fingerprint density at radius 3 is 2.51 bits per heavy atom. The van der Waals surface area contributed by atoms with Gasteiger partial charge in [-0.25, -0.2) is 14.5 Å². The van der Waals surface area contributed by atoms with Crippen molar-refractivity contribution in [2.24, 2.45) is 23.7 Å². The summed E-state index contributed by atoms with van der Waals surface area (Å²) >= 11 is 0. The minimum Gasteiger partial charge on any atom is -0.444 e. The Hall–Kier alpha value is -4.25. The maximum Gasteiger partial charge on any atom is 0.410 e. The van der Waals surface area contributed by atoms with E-state index in [2.05, 4.69) is 40.4 Å². The van der Waals surface area contributed by atoms with Crippen LogP contribution in [0.15, 0.2) is 36.8 Å². The van der Waals surface area contributed by atoms with Gasteiger partial charge in [-0.15, -0.1) is 0 Å². The molecule has 4 saturated carbocycles. The van der Waals surface area contributed by atoms with Crippen LogP contribution in [0.5, 0.6) is 0 Å². The van der Waals surface area contributed by atoms with E-state index in [1.54, 1.807) is 11.1 Å². The molecule has 0 spiro atoms. The molecule has 1 aliphatic heterocycles. The maximum atomic E-state index is 13.6. The fourth-order valence-electron chi connectivity index (χ4n) is 9.42. The van der Waals surface area contributed by atoms with Crippen molar-refractivity contribution in [1.29, 1.82) is 0 Å². The number of benzene rings is 1. The number of nitrogens with zero attached hydrogens (tertiary/aromatic N) is 5. The zero-order valence-corrected chi connectivity index (χ0v) is 30.6. The monoisotopic (exact) mass is 693 g/mol. The number of imidazole rings is 1. The van der Waals surface area contributed by atoms with E-state index in [0.717, 1.165) is 64.3 Å². The van der Waals surface area contributed by atoms with E-state index in [9.17, 15) is 9.59 Å². The van der Waals surface area contributed by atoms with Crippen molar-refractivity contribution in [3.05, 3.63) is 53.6 Å². The van der Waals surface area contributed by atoms with Crippen LogP contribution >= 0.6 is 0 Å². The molecule has 0 radical (unpaired) electrons. The molecular formula is C40H51N7O4. The van der Waals surface area contributed by atoms with Crippen molar-refractivity contribution in [2.45, 2.75) is 110 Å². The Morgan fingerprint density at radius 2 is 1.82 bits per heavy atom. The Bertz CT molecular complexity index is 1910. The van der Waals surface area contributed by atoms with E-state index in [0.29, 0.717) is 48.7 Å². The quantitative estimate of drug-likeness (QED) is 0.193. The van der Waals surface area contributed by atoms with E-state index < -0.39 is 5.60 Å². The molecule has 51 heavy (non-hydrogen) atoms. The van der Waals surface area contributed by atoms with E-state index >= 15 is 0 Å². The molecule has 1 aromatic carbocycles. The first kappa shape index (κ1) is 33.9. The largest absolute Gasteiger partial charge is 0.444 e. The van der Waals surface area contributed by atoms with Crippen LogP contribution in [0.25, 0.3) is 33.5 Å². The summed E-state index contributed by atoms with van der Waals surface area (Å²) in [6, 6.07) is 6.57. The molecule has 1 atom stereocenters. The molecule has 9 rings (SSSR count). The van der Waals surface area contributed by atoms with Gasteiger partial charge in [0.15, 0.2) is 12.1 Å².